The molecule has 0 radical (unpaired) electrons. The molecule has 27 heavy (non-hydrogen) atoms. The van der Waals surface area contributed by atoms with Crippen LogP contribution in [0.1, 0.15) is 53.0 Å². The van der Waals surface area contributed by atoms with Crippen LogP contribution in [0, 0.1) is 0 Å². The van der Waals surface area contributed by atoms with Crippen LogP contribution in [0.5, 0.6) is 5.75 Å². The standard InChI is InChI=1S/C19H20N2O5S/c1-9-10(2)25-15-12(9)5-4-6-13(15)19(24)26-11(3)17(23)21-18-14(16(20)22)7-8-27-18/h4-11H,1-3H3,(H2,20,22)(H,21,23). The molecular formula is C19H20N2O5S. The molecule has 8 heteroatoms. The van der Waals surface area contributed by atoms with Crippen molar-refractivity contribution in [3.05, 3.63) is 46.3 Å². The van der Waals surface area contributed by atoms with Crippen molar-refractivity contribution in [2.24, 2.45) is 5.73 Å². The van der Waals surface area contributed by atoms with E-state index >= 15 is 0 Å². The summed E-state index contributed by atoms with van der Waals surface area (Å²) < 4.78 is 11.1. The first-order valence-corrected chi connectivity index (χ1v) is 9.36. The van der Waals surface area contributed by atoms with Gasteiger partial charge in [0.05, 0.1) is 5.56 Å². The van der Waals surface area contributed by atoms with Gasteiger partial charge >= 0.3 is 5.97 Å². The van der Waals surface area contributed by atoms with Gasteiger partial charge in [-0.15, -0.1) is 11.3 Å². The van der Waals surface area contributed by atoms with Gasteiger partial charge in [-0.2, -0.15) is 0 Å². The zero-order chi connectivity index (χ0) is 19.7. The summed E-state index contributed by atoms with van der Waals surface area (Å²) in [6.45, 7) is 5.42. The normalized spacial score (nSPS) is 18.9. The minimum Gasteiger partial charge on any atom is -0.489 e. The first kappa shape index (κ1) is 18.9. The molecule has 3 rings (SSSR count). The van der Waals surface area contributed by atoms with Crippen molar-refractivity contribution in [2.45, 2.75) is 38.9 Å². The number of nitrogens with one attached hydrogen (secondary N) is 1. The molecule has 3 N–H and O–H groups in total. The van der Waals surface area contributed by atoms with Crippen LogP contribution in [0.4, 0.5) is 5.00 Å². The Balaban J connectivity index is 1.71. The molecule has 0 saturated carbocycles. The first-order chi connectivity index (χ1) is 12.8. The zero-order valence-electron chi connectivity index (χ0n) is 15.1. The highest BCUT2D eigenvalue weighted by atomic mass is 32.1. The molecule has 2 amide bonds. The van der Waals surface area contributed by atoms with Gasteiger partial charge in [0, 0.05) is 11.5 Å². The third-order valence-corrected chi connectivity index (χ3v) is 5.41. The molecule has 0 fully saturated rings. The highest BCUT2D eigenvalue weighted by Gasteiger charge is 2.32. The second-order valence-electron chi connectivity index (χ2n) is 6.40. The van der Waals surface area contributed by atoms with Gasteiger partial charge in [-0.1, -0.05) is 19.1 Å². The van der Waals surface area contributed by atoms with Crippen LogP contribution in [-0.4, -0.2) is 30.0 Å². The smallest absolute Gasteiger partial charge is 0.342 e. The fourth-order valence-electron chi connectivity index (χ4n) is 2.84. The Morgan fingerprint density at radius 1 is 1.22 bits per heavy atom. The summed E-state index contributed by atoms with van der Waals surface area (Å²) >= 11 is 1.16. The van der Waals surface area contributed by atoms with Crippen LogP contribution in [0.2, 0.25) is 0 Å². The number of amides is 2. The molecule has 3 atom stereocenters. The monoisotopic (exact) mass is 388 g/mol. The largest absolute Gasteiger partial charge is 0.489 e. The summed E-state index contributed by atoms with van der Waals surface area (Å²) in [6.07, 6.45) is -1.10. The molecule has 142 valence electrons. The Morgan fingerprint density at radius 3 is 2.67 bits per heavy atom. The van der Waals surface area contributed by atoms with E-state index in [1.807, 2.05) is 19.9 Å². The molecule has 2 aromatic rings. The molecule has 0 spiro atoms. The fourth-order valence-corrected chi connectivity index (χ4v) is 3.63. The molecule has 0 saturated heterocycles. The minimum absolute atomic E-state index is 0.0410. The van der Waals surface area contributed by atoms with Crippen LogP contribution < -0.4 is 15.8 Å². The molecule has 7 nitrogen and oxygen atoms in total. The van der Waals surface area contributed by atoms with Crippen molar-refractivity contribution in [3.8, 4) is 5.75 Å². The van der Waals surface area contributed by atoms with E-state index < -0.39 is 23.9 Å². The summed E-state index contributed by atoms with van der Waals surface area (Å²) in [7, 11) is 0. The third-order valence-electron chi connectivity index (χ3n) is 4.58. The lowest BCUT2D eigenvalue weighted by Gasteiger charge is -2.14. The van der Waals surface area contributed by atoms with Gasteiger partial charge in [0.2, 0.25) is 0 Å². The number of carbonyl (C=O) groups is 3. The number of anilines is 1. The predicted octanol–water partition coefficient (Wildman–Crippen LogP) is 2.92. The van der Waals surface area contributed by atoms with Crippen molar-refractivity contribution >= 4 is 34.1 Å². The topological polar surface area (TPSA) is 108 Å². The SMILES string of the molecule is CC(OC(=O)c1cccc2c1OC(C)C2C)C(=O)Nc1sccc1C(N)=O. The predicted molar refractivity (Wildman–Crippen MR) is 101 cm³/mol. The number of benzene rings is 1. The van der Waals surface area contributed by atoms with E-state index in [4.69, 9.17) is 15.2 Å². The third kappa shape index (κ3) is 3.66. The van der Waals surface area contributed by atoms with Crippen molar-refractivity contribution in [1.29, 1.82) is 0 Å². The van der Waals surface area contributed by atoms with Gasteiger partial charge < -0.3 is 20.5 Å². The Hall–Kier alpha value is -2.87. The summed E-state index contributed by atoms with van der Waals surface area (Å²) in [6, 6.07) is 6.81. The number of hydrogen-bond acceptors (Lipinski definition) is 6. The maximum Gasteiger partial charge on any atom is 0.342 e. The lowest BCUT2D eigenvalue weighted by molar-refractivity contribution is -0.123. The number of rotatable bonds is 5. The lowest BCUT2D eigenvalue weighted by Crippen LogP contribution is -2.30. The summed E-state index contributed by atoms with van der Waals surface area (Å²) in [4.78, 5) is 36.2. The van der Waals surface area contributed by atoms with Crippen LogP contribution in [0.3, 0.4) is 0 Å². The maximum atomic E-state index is 12.6. The average molecular weight is 388 g/mol. The van der Waals surface area contributed by atoms with Crippen molar-refractivity contribution in [2.75, 3.05) is 5.32 Å². The van der Waals surface area contributed by atoms with E-state index in [9.17, 15) is 14.4 Å². The van der Waals surface area contributed by atoms with Crippen molar-refractivity contribution in [3.63, 3.8) is 0 Å². The van der Waals surface area contributed by atoms with Gasteiger partial charge in [0.15, 0.2) is 6.10 Å². The summed E-state index contributed by atoms with van der Waals surface area (Å²) in [5.74, 6) is -1.17. The highest BCUT2D eigenvalue weighted by molar-refractivity contribution is 7.14. The van der Waals surface area contributed by atoms with Gasteiger partial charge in [-0.05, 0) is 31.4 Å². The summed E-state index contributed by atoms with van der Waals surface area (Å²) in [5.41, 5.74) is 6.70. The first-order valence-electron chi connectivity index (χ1n) is 8.48. The maximum absolute atomic E-state index is 12.6. The Bertz CT molecular complexity index is 907. The molecule has 1 aliphatic rings. The molecule has 0 bridgehead atoms. The number of fused-ring (bicyclic) bond motifs is 1. The van der Waals surface area contributed by atoms with Crippen molar-refractivity contribution in [1.82, 2.24) is 0 Å². The highest BCUT2D eigenvalue weighted by Crippen LogP contribution is 2.40. The van der Waals surface area contributed by atoms with E-state index in [0.29, 0.717) is 10.8 Å². The number of carbonyl (C=O) groups excluding carboxylic acids is 3. The Morgan fingerprint density at radius 2 is 1.96 bits per heavy atom. The van der Waals surface area contributed by atoms with Crippen LogP contribution in [0.15, 0.2) is 29.6 Å². The van der Waals surface area contributed by atoms with Crippen LogP contribution in [0.25, 0.3) is 0 Å². The van der Waals surface area contributed by atoms with Gasteiger partial charge in [0.25, 0.3) is 11.8 Å². The lowest BCUT2D eigenvalue weighted by atomic mass is 9.97. The quantitative estimate of drug-likeness (QED) is 0.766. The number of para-hydroxylation sites is 1. The molecule has 1 aliphatic heterocycles. The van der Waals surface area contributed by atoms with E-state index in [2.05, 4.69) is 5.32 Å². The van der Waals surface area contributed by atoms with Gasteiger partial charge in [-0.3, -0.25) is 9.59 Å². The summed E-state index contributed by atoms with van der Waals surface area (Å²) in [5, 5.41) is 4.52. The minimum atomic E-state index is -1.06. The number of thiophene rings is 1. The molecule has 2 heterocycles. The number of hydrogen-bond donors (Lipinski definition) is 2. The van der Waals surface area contributed by atoms with E-state index in [0.717, 1.165) is 16.9 Å². The molecule has 0 aliphatic carbocycles. The molecule has 3 unspecified atom stereocenters. The zero-order valence-corrected chi connectivity index (χ0v) is 16.0. The molecule has 1 aromatic heterocycles. The molecular weight excluding hydrogens is 368 g/mol. The van der Waals surface area contributed by atoms with Crippen molar-refractivity contribution < 1.29 is 23.9 Å². The van der Waals surface area contributed by atoms with Gasteiger partial charge in [0.1, 0.15) is 22.4 Å². The Kier molecular flexibility index (Phi) is 5.18. The van der Waals surface area contributed by atoms with Gasteiger partial charge in [-0.25, -0.2) is 4.79 Å². The van der Waals surface area contributed by atoms with Crippen LogP contribution in [-0.2, 0) is 9.53 Å². The second-order valence-corrected chi connectivity index (χ2v) is 7.32. The van der Waals surface area contributed by atoms with E-state index in [1.165, 1.54) is 13.0 Å². The second kappa shape index (κ2) is 7.40. The fraction of sp³-hybridized carbons (Fsp3) is 0.316. The number of primary amides is 1. The number of ether oxygens (including phenoxy) is 2. The molecule has 1 aromatic carbocycles. The van der Waals surface area contributed by atoms with Crippen LogP contribution >= 0.6 is 11.3 Å². The number of nitrogens with two attached hydrogens (primary N) is 1. The van der Waals surface area contributed by atoms with E-state index in [1.54, 1.807) is 17.5 Å². The van der Waals surface area contributed by atoms with E-state index in [-0.39, 0.29) is 23.1 Å². The Labute approximate surface area is 160 Å². The number of esters is 1. The average Bonchev–Trinajstić information content (AvgIpc) is 3.19.